The molecule has 0 aliphatic heterocycles. The molecule has 4 heteroatoms. The van der Waals surface area contributed by atoms with E-state index in [0.29, 0.717) is 0 Å². The quantitative estimate of drug-likeness (QED) is 0.762. The molecule has 1 atom stereocenters. The molecule has 0 aliphatic rings. The normalized spacial score (nSPS) is 13.0. The van der Waals surface area contributed by atoms with E-state index in [9.17, 15) is 0 Å². The fourth-order valence-electron chi connectivity index (χ4n) is 2.10. The molecular weight excluding hydrogens is 242 g/mol. The Morgan fingerprint density at radius 1 is 1.33 bits per heavy atom. The number of aromatic nitrogens is 2. The number of fused-ring (bicyclic) bond motifs is 1. The number of hydrogen-bond acceptors (Lipinski definition) is 3. The highest BCUT2D eigenvalue weighted by Crippen LogP contribution is 2.32. The summed E-state index contributed by atoms with van der Waals surface area (Å²) in [6.45, 7) is 4.12. The highest BCUT2D eigenvalue weighted by atomic mass is 32.1. The molecule has 0 aliphatic carbocycles. The van der Waals surface area contributed by atoms with Crippen molar-refractivity contribution in [3.63, 3.8) is 0 Å². The van der Waals surface area contributed by atoms with Crippen LogP contribution in [-0.2, 0) is 0 Å². The van der Waals surface area contributed by atoms with Gasteiger partial charge in [0.25, 0.3) is 0 Å². The van der Waals surface area contributed by atoms with Gasteiger partial charge in [-0.2, -0.15) is 5.10 Å². The molecule has 2 heterocycles. The largest absolute Gasteiger partial charge is 0.384 e. The maximum absolute atomic E-state index is 6.04. The molecular formula is C14H15N3S. The molecule has 0 radical (unpaired) electrons. The van der Waals surface area contributed by atoms with Gasteiger partial charge in [-0.15, -0.1) is 11.3 Å². The van der Waals surface area contributed by atoms with Crippen LogP contribution in [0.3, 0.4) is 0 Å². The van der Waals surface area contributed by atoms with Crippen LogP contribution in [0.5, 0.6) is 0 Å². The van der Waals surface area contributed by atoms with Crippen LogP contribution >= 0.6 is 11.3 Å². The van der Waals surface area contributed by atoms with E-state index in [0.717, 1.165) is 11.4 Å². The molecule has 0 saturated heterocycles. The fraction of sp³-hybridized carbons (Fsp3) is 0.214. The molecule has 18 heavy (non-hydrogen) atoms. The molecule has 3 rings (SSSR count). The van der Waals surface area contributed by atoms with Crippen LogP contribution in [0.15, 0.2) is 36.5 Å². The van der Waals surface area contributed by atoms with Crippen LogP contribution in [0.2, 0.25) is 0 Å². The lowest BCUT2D eigenvalue weighted by Crippen LogP contribution is -2.10. The summed E-state index contributed by atoms with van der Waals surface area (Å²) in [6.07, 6.45) is 1.82. The lowest BCUT2D eigenvalue weighted by atomic mass is 10.2. The fourth-order valence-corrected chi connectivity index (χ4v) is 3.20. The van der Waals surface area contributed by atoms with Crippen LogP contribution in [0.25, 0.3) is 10.1 Å². The number of nitrogen functional groups attached to an aromatic ring is 1. The summed E-state index contributed by atoms with van der Waals surface area (Å²) in [6, 6.07) is 10.8. The molecule has 0 amide bonds. The van der Waals surface area contributed by atoms with Gasteiger partial charge < -0.3 is 5.73 Å². The third kappa shape index (κ3) is 1.69. The first kappa shape index (κ1) is 11.3. The van der Waals surface area contributed by atoms with Crippen LogP contribution in [-0.4, -0.2) is 9.78 Å². The first-order valence-corrected chi connectivity index (χ1v) is 6.76. The lowest BCUT2D eigenvalue weighted by molar-refractivity contribution is 0.581. The molecule has 3 nitrogen and oxygen atoms in total. The summed E-state index contributed by atoms with van der Waals surface area (Å²) in [7, 11) is 0. The van der Waals surface area contributed by atoms with Gasteiger partial charge in [-0.25, -0.2) is 4.68 Å². The summed E-state index contributed by atoms with van der Waals surface area (Å²) in [5.74, 6) is 0.750. The first-order valence-electron chi connectivity index (χ1n) is 5.95. The Hall–Kier alpha value is -1.81. The Morgan fingerprint density at radius 2 is 2.11 bits per heavy atom. The van der Waals surface area contributed by atoms with Crippen molar-refractivity contribution in [3.8, 4) is 0 Å². The van der Waals surface area contributed by atoms with Crippen molar-refractivity contribution in [2.45, 2.75) is 19.9 Å². The van der Waals surface area contributed by atoms with Gasteiger partial charge in [0.15, 0.2) is 0 Å². The number of nitrogens with two attached hydrogens (primary N) is 1. The van der Waals surface area contributed by atoms with Crippen molar-refractivity contribution in [2.75, 3.05) is 5.73 Å². The molecule has 1 unspecified atom stereocenters. The van der Waals surface area contributed by atoms with Gasteiger partial charge in [0.05, 0.1) is 12.2 Å². The van der Waals surface area contributed by atoms with Crippen LogP contribution in [0, 0.1) is 6.92 Å². The highest BCUT2D eigenvalue weighted by molar-refractivity contribution is 7.19. The highest BCUT2D eigenvalue weighted by Gasteiger charge is 2.15. The molecule has 1 aromatic carbocycles. The van der Waals surface area contributed by atoms with Gasteiger partial charge >= 0.3 is 0 Å². The van der Waals surface area contributed by atoms with Gasteiger partial charge in [-0.1, -0.05) is 18.2 Å². The second-order valence-electron chi connectivity index (χ2n) is 4.52. The number of hydrogen-bond donors (Lipinski definition) is 1. The van der Waals surface area contributed by atoms with Gasteiger partial charge in [0.1, 0.15) is 5.82 Å². The number of rotatable bonds is 2. The number of nitrogens with zero attached hydrogens (tertiary/aromatic N) is 2. The van der Waals surface area contributed by atoms with E-state index in [2.05, 4.69) is 42.4 Å². The Balaban J connectivity index is 2.06. The van der Waals surface area contributed by atoms with Crippen LogP contribution in [0.1, 0.15) is 23.4 Å². The second kappa shape index (κ2) is 4.14. The van der Waals surface area contributed by atoms with Crippen LogP contribution < -0.4 is 5.73 Å². The van der Waals surface area contributed by atoms with Gasteiger partial charge in [-0.3, -0.25) is 0 Å². The average Bonchev–Trinajstić information content (AvgIpc) is 2.94. The monoisotopic (exact) mass is 257 g/mol. The number of anilines is 1. The SMILES string of the molecule is Cc1cnn(C(C)c2cc3ccccc3s2)c1N. The van der Waals surface area contributed by atoms with Crippen molar-refractivity contribution in [2.24, 2.45) is 0 Å². The Labute approximate surface area is 110 Å². The van der Waals surface area contributed by atoms with E-state index in [1.165, 1.54) is 15.0 Å². The van der Waals surface area contributed by atoms with Crippen molar-refractivity contribution in [1.82, 2.24) is 9.78 Å². The topological polar surface area (TPSA) is 43.8 Å². The van der Waals surface area contributed by atoms with E-state index < -0.39 is 0 Å². The Kier molecular flexibility index (Phi) is 2.59. The average molecular weight is 257 g/mol. The smallest absolute Gasteiger partial charge is 0.125 e. The second-order valence-corrected chi connectivity index (χ2v) is 5.64. The minimum absolute atomic E-state index is 0.177. The zero-order chi connectivity index (χ0) is 12.7. The van der Waals surface area contributed by atoms with Crippen molar-refractivity contribution in [1.29, 1.82) is 0 Å². The maximum Gasteiger partial charge on any atom is 0.125 e. The first-order chi connectivity index (χ1) is 8.66. The van der Waals surface area contributed by atoms with Crippen molar-refractivity contribution < 1.29 is 0 Å². The van der Waals surface area contributed by atoms with E-state index in [-0.39, 0.29) is 6.04 Å². The molecule has 2 aromatic heterocycles. The lowest BCUT2D eigenvalue weighted by Gasteiger charge is -2.12. The standard InChI is InChI=1S/C14H15N3S/c1-9-8-16-17(14(9)15)10(2)13-7-11-5-3-4-6-12(11)18-13/h3-8,10H,15H2,1-2H3. The minimum atomic E-state index is 0.177. The molecule has 0 fully saturated rings. The maximum atomic E-state index is 6.04. The third-order valence-electron chi connectivity index (χ3n) is 3.25. The Morgan fingerprint density at radius 3 is 2.78 bits per heavy atom. The van der Waals surface area contributed by atoms with Crippen molar-refractivity contribution in [3.05, 3.63) is 47.0 Å². The molecule has 2 N–H and O–H groups in total. The molecule has 3 aromatic rings. The predicted octanol–water partition coefficient (Wildman–Crippen LogP) is 3.60. The summed E-state index contributed by atoms with van der Waals surface area (Å²) in [5, 5.41) is 5.64. The zero-order valence-corrected chi connectivity index (χ0v) is 11.2. The molecule has 0 spiro atoms. The third-order valence-corrected chi connectivity index (χ3v) is 4.54. The number of aryl methyl sites for hydroxylation is 1. The zero-order valence-electron chi connectivity index (χ0n) is 10.4. The van der Waals surface area contributed by atoms with E-state index >= 15 is 0 Å². The number of benzene rings is 1. The van der Waals surface area contributed by atoms with Gasteiger partial charge in [-0.05, 0) is 31.4 Å². The minimum Gasteiger partial charge on any atom is -0.384 e. The summed E-state index contributed by atoms with van der Waals surface area (Å²) < 4.78 is 3.20. The summed E-state index contributed by atoms with van der Waals surface area (Å²) in [4.78, 5) is 1.28. The predicted molar refractivity (Wildman–Crippen MR) is 77.0 cm³/mol. The van der Waals surface area contributed by atoms with E-state index in [4.69, 9.17) is 5.73 Å². The number of thiophene rings is 1. The van der Waals surface area contributed by atoms with Crippen molar-refractivity contribution >= 4 is 27.2 Å². The molecule has 0 bridgehead atoms. The summed E-state index contributed by atoms with van der Waals surface area (Å²) in [5.41, 5.74) is 7.07. The van der Waals surface area contributed by atoms with Gasteiger partial charge in [0, 0.05) is 15.1 Å². The molecule has 92 valence electrons. The van der Waals surface area contributed by atoms with E-state index in [1.807, 2.05) is 17.8 Å². The molecule has 0 saturated carbocycles. The van der Waals surface area contributed by atoms with E-state index in [1.54, 1.807) is 11.3 Å². The van der Waals surface area contributed by atoms with Crippen LogP contribution in [0.4, 0.5) is 5.82 Å². The Bertz CT molecular complexity index is 663. The summed E-state index contributed by atoms with van der Waals surface area (Å²) >= 11 is 1.80. The van der Waals surface area contributed by atoms with Gasteiger partial charge in [0.2, 0.25) is 0 Å².